The molecule has 29 heavy (non-hydrogen) atoms. The Morgan fingerprint density at radius 1 is 0.897 bits per heavy atom. The lowest BCUT2D eigenvalue weighted by Crippen LogP contribution is -2.30. The highest BCUT2D eigenvalue weighted by molar-refractivity contribution is 5.79. The molecule has 144 valence electrons. The van der Waals surface area contributed by atoms with E-state index in [2.05, 4.69) is 41.5 Å². The Bertz CT molecular complexity index is 1070. The molecule has 4 aromatic rings. The summed E-state index contributed by atoms with van der Waals surface area (Å²) in [5.74, 6) is 0.416. The van der Waals surface area contributed by atoms with Gasteiger partial charge in [-0.15, -0.1) is 0 Å². The van der Waals surface area contributed by atoms with E-state index in [1.54, 1.807) is 6.26 Å². The van der Waals surface area contributed by atoms with Gasteiger partial charge in [-0.2, -0.15) is 0 Å². The molecule has 1 atom stereocenters. The van der Waals surface area contributed by atoms with Crippen molar-refractivity contribution in [1.29, 1.82) is 0 Å². The monoisotopic (exact) mass is 382 g/mol. The zero-order valence-electron chi connectivity index (χ0n) is 16.2. The zero-order chi connectivity index (χ0) is 20.1. The van der Waals surface area contributed by atoms with Gasteiger partial charge in [-0.05, 0) is 30.2 Å². The summed E-state index contributed by atoms with van der Waals surface area (Å²) in [4.78, 5) is 17.2. The average Bonchev–Trinajstić information content (AvgIpc) is 3.22. The van der Waals surface area contributed by atoms with Crippen LogP contribution in [0, 0.1) is 6.92 Å². The smallest absolute Gasteiger partial charge is 0.226 e. The maximum Gasteiger partial charge on any atom is 0.226 e. The quantitative estimate of drug-likeness (QED) is 0.505. The van der Waals surface area contributed by atoms with Gasteiger partial charge in [0.25, 0.3) is 0 Å². The first-order valence-corrected chi connectivity index (χ1v) is 9.60. The molecule has 1 N–H and O–H groups in total. The van der Waals surface area contributed by atoms with Gasteiger partial charge < -0.3 is 9.73 Å². The van der Waals surface area contributed by atoms with Crippen LogP contribution in [0.15, 0.2) is 95.6 Å². The Kier molecular flexibility index (Phi) is 5.52. The fraction of sp³-hybridized carbons (Fsp3) is 0.120. The number of benzene rings is 3. The molecule has 0 aliphatic rings. The minimum Gasteiger partial charge on any atom is -0.444 e. The molecule has 0 bridgehead atoms. The highest BCUT2D eigenvalue weighted by Gasteiger charge is 2.18. The lowest BCUT2D eigenvalue weighted by atomic mass is 9.97. The predicted octanol–water partition coefficient (Wildman–Crippen LogP) is 5.10. The van der Waals surface area contributed by atoms with Gasteiger partial charge >= 0.3 is 0 Å². The van der Waals surface area contributed by atoms with Gasteiger partial charge in [0.1, 0.15) is 6.26 Å². The van der Waals surface area contributed by atoms with Gasteiger partial charge in [0.05, 0.1) is 18.2 Å². The van der Waals surface area contributed by atoms with Crippen LogP contribution < -0.4 is 5.32 Å². The molecule has 0 radical (unpaired) electrons. The summed E-state index contributed by atoms with van der Waals surface area (Å²) in [5.41, 5.74) is 4.76. The fourth-order valence-corrected chi connectivity index (χ4v) is 3.24. The molecular formula is C25H22N2O2. The largest absolute Gasteiger partial charge is 0.444 e. The van der Waals surface area contributed by atoms with Crippen molar-refractivity contribution in [2.45, 2.75) is 19.4 Å². The van der Waals surface area contributed by atoms with Crippen molar-refractivity contribution < 1.29 is 9.21 Å². The van der Waals surface area contributed by atoms with Crippen LogP contribution in [0.3, 0.4) is 0 Å². The number of carbonyl (C=O) groups excluding carboxylic acids is 1. The number of hydrogen-bond acceptors (Lipinski definition) is 3. The molecule has 1 heterocycles. The first-order valence-electron chi connectivity index (χ1n) is 9.60. The third-order valence-corrected chi connectivity index (χ3v) is 4.76. The SMILES string of the molecule is Cc1ccc(C(NC(=O)Cc2coc(-c3ccccc3)n2)c2ccccc2)cc1. The van der Waals surface area contributed by atoms with Crippen LogP contribution in [0.4, 0.5) is 0 Å². The number of rotatable bonds is 6. The Balaban J connectivity index is 1.51. The number of aryl methyl sites for hydroxylation is 1. The van der Waals surface area contributed by atoms with Crippen LogP contribution in [0.25, 0.3) is 11.5 Å². The van der Waals surface area contributed by atoms with E-state index >= 15 is 0 Å². The number of aromatic nitrogens is 1. The normalized spacial score (nSPS) is 11.8. The molecular weight excluding hydrogens is 360 g/mol. The molecule has 0 saturated carbocycles. The standard InChI is InChI=1S/C25H22N2O2/c1-18-12-14-20(15-13-18)24(19-8-4-2-5-9-19)27-23(28)16-22-17-29-25(26-22)21-10-6-3-7-11-21/h2-15,17,24H,16H2,1H3,(H,27,28). The van der Waals surface area contributed by atoms with E-state index in [1.807, 2.05) is 60.7 Å². The van der Waals surface area contributed by atoms with E-state index in [0.29, 0.717) is 11.6 Å². The van der Waals surface area contributed by atoms with Crippen molar-refractivity contribution in [3.05, 3.63) is 114 Å². The van der Waals surface area contributed by atoms with E-state index in [-0.39, 0.29) is 18.4 Å². The van der Waals surface area contributed by atoms with Gasteiger partial charge in [-0.25, -0.2) is 4.98 Å². The van der Waals surface area contributed by atoms with E-state index < -0.39 is 0 Å². The summed E-state index contributed by atoms with van der Waals surface area (Å²) >= 11 is 0. The van der Waals surface area contributed by atoms with Crippen LogP contribution in [0.5, 0.6) is 0 Å². The van der Waals surface area contributed by atoms with Gasteiger partial charge in [0, 0.05) is 5.56 Å². The van der Waals surface area contributed by atoms with E-state index in [9.17, 15) is 4.79 Å². The number of carbonyl (C=O) groups is 1. The third kappa shape index (κ3) is 4.61. The highest BCUT2D eigenvalue weighted by atomic mass is 16.3. The number of amides is 1. The molecule has 4 heteroatoms. The van der Waals surface area contributed by atoms with Crippen LogP contribution in [-0.2, 0) is 11.2 Å². The maximum absolute atomic E-state index is 12.8. The molecule has 0 aliphatic carbocycles. The molecule has 0 aliphatic heterocycles. The zero-order valence-corrected chi connectivity index (χ0v) is 16.2. The van der Waals surface area contributed by atoms with Crippen LogP contribution >= 0.6 is 0 Å². The summed E-state index contributed by atoms with van der Waals surface area (Å²) in [6.07, 6.45) is 1.71. The van der Waals surface area contributed by atoms with Gasteiger partial charge in [0.2, 0.25) is 11.8 Å². The summed E-state index contributed by atoms with van der Waals surface area (Å²) in [6, 6.07) is 27.6. The summed E-state index contributed by atoms with van der Waals surface area (Å²) < 4.78 is 5.55. The maximum atomic E-state index is 12.8. The number of hydrogen-bond donors (Lipinski definition) is 1. The molecule has 0 fully saturated rings. The first-order chi connectivity index (χ1) is 14.2. The molecule has 4 rings (SSSR count). The fourth-order valence-electron chi connectivity index (χ4n) is 3.24. The first kappa shape index (κ1) is 18.7. The number of nitrogens with one attached hydrogen (secondary N) is 1. The van der Waals surface area contributed by atoms with Gasteiger partial charge in [0.15, 0.2) is 0 Å². The minimum atomic E-state index is -0.218. The Morgan fingerprint density at radius 2 is 1.52 bits per heavy atom. The number of nitrogens with zero attached hydrogens (tertiary/aromatic N) is 1. The number of oxazole rings is 1. The van der Waals surface area contributed by atoms with E-state index in [4.69, 9.17) is 4.42 Å². The second kappa shape index (κ2) is 8.57. The predicted molar refractivity (Wildman–Crippen MR) is 113 cm³/mol. The average molecular weight is 382 g/mol. The lowest BCUT2D eigenvalue weighted by molar-refractivity contribution is -0.121. The molecule has 1 aromatic heterocycles. The van der Waals surface area contributed by atoms with E-state index in [0.717, 1.165) is 16.7 Å². The Morgan fingerprint density at radius 3 is 2.21 bits per heavy atom. The topological polar surface area (TPSA) is 55.1 Å². The second-order valence-electron chi connectivity index (χ2n) is 7.01. The molecule has 0 saturated heterocycles. The lowest BCUT2D eigenvalue weighted by Gasteiger charge is -2.20. The summed E-state index contributed by atoms with van der Waals surface area (Å²) in [5, 5.41) is 3.15. The summed E-state index contributed by atoms with van der Waals surface area (Å²) in [6.45, 7) is 2.05. The Hall–Kier alpha value is -3.66. The molecule has 1 amide bonds. The molecule has 4 nitrogen and oxygen atoms in total. The second-order valence-corrected chi connectivity index (χ2v) is 7.01. The van der Waals surface area contributed by atoms with Crippen molar-refractivity contribution in [2.24, 2.45) is 0 Å². The van der Waals surface area contributed by atoms with Gasteiger partial charge in [-0.3, -0.25) is 4.79 Å². The van der Waals surface area contributed by atoms with Crippen LogP contribution in [-0.4, -0.2) is 10.9 Å². The van der Waals surface area contributed by atoms with Crippen molar-refractivity contribution in [3.8, 4) is 11.5 Å². The van der Waals surface area contributed by atoms with Crippen LogP contribution in [0.1, 0.15) is 28.4 Å². The van der Waals surface area contributed by atoms with Crippen molar-refractivity contribution in [3.63, 3.8) is 0 Å². The van der Waals surface area contributed by atoms with Crippen LogP contribution in [0.2, 0.25) is 0 Å². The third-order valence-electron chi connectivity index (χ3n) is 4.76. The molecule has 1 unspecified atom stereocenters. The van der Waals surface area contributed by atoms with Crippen molar-refractivity contribution >= 4 is 5.91 Å². The minimum absolute atomic E-state index is 0.104. The highest BCUT2D eigenvalue weighted by Crippen LogP contribution is 2.23. The Labute approximate surface area is 170 Å². The molecule has 0 spiro atoms. The van der Waals surface area contributed by atoms with Gasteiger partial charge in [-0.1, -0.05) is 78.4 Å². The summed E-state index contributed by atoms with van der Waals surface area (Å²) in [7, 11) is 0. The van der Waals surface area contributed by atoms with E-state index in [1.165, 1.54) is 5.56 Å². The molecule has 3 aromatic carbocycles. The van der Waals surface area contributed by atoms with Crippen molar-refractivity contribution in [1.82, 2.24) is 10.3 Å². The van der Waals surface area contributed by atoms with Crippen molar-refractivity contribution in [2.75, 3.05) is 0 Å².